The molecule has 4 heteroatoms. The summed E-state index contributed by atoms with van der Waals surface area (Å²) in [5.74, 6) is 0. The van der Waals surface area contributed by atoms with Crippen molar-refractivity contribution in [1.29, 1.82) is 0 Å². The van der Waals surface area contributed by atoms with Gasteiger partial charge in [-0.25, -0.2) is 0 Å². The van der Waals surface area contributed by atoms with E-state index in [9.17, 15) is 0 Å². The van der Waals surface area contributed by atoms with E-state index in [2.05, 4.69) is 10.1 Å². The Hall–Kier alpha value is -1.68. The number of pyridine rings is 1. The zero-order valence-electron chi connectivity index (χ0n) is 8.25. The van der Waals surface area contributed by atoms with Gasteiger partial charge in [-0.05, 0) is 23.6 Å². The van der Waals surface area contributed by atoms with Gasteiger partial charge in [-0.1, -0.05) is 11.2 Å². The minimum Gasteiger partial charge on any atom is -0.399 e. The Morgan fingerprint density at radius 2 is 2.33 bits per heavy atom. The largest absolute Gasteiger partial charge is 0.399 e. The Morgan fingerprint density at radius 3 is 2.93 bits per heavy atom. The average molecular weight is 218 g/mol. The van der Waals surface area contributed by atoms with Gasteiger partial charge in [-0.2, -0.15) is 11.3 Å². The Morgan fingerprint density at radius 1 is 1.40 bits per heavy atom. The van der Waals surface area contributed by atoms with Gasteiger partial charge in [0, 0.05) is 17.1 Å². The Balaban J connectivity index is 2.42. The molecule has 76 valence electrons. The highest BCUT2D eigenvalue weighted by Gasteiger charge is 2.08. The summed E-state index contributed by atoms with van der Waals surface area (Å²) in [7, 11) is 1.54. The molecule has 0 N–H and O–H groups in total. The van der Waals surface area contributed by atoms with Gasteiger partial charge in [-0.15, -0.1) is 0 Å². The van der Waals surface area contributed by atoms with E-state index in [0.717, 1.165) is 17.0 Å². The number of nitrogens with zero attached hydrogens (tertiary/aromatic N) is 2. The van der Waals surface area contributed by atoms with E-state index in [1.165, 1.54) is 7.11 Å². The second-order valence-electron chi connectivity index (χ2n) is 2.85. The van der Waals surface area contributed by atoms with E-state index in [1.54, 1.807) is 17.5 Å². The molecule has 0 aliphatic carbocycles. The lowest BCUT2D eigenvalue weighted by Gasteiger charge is -2.01. The fourth-order valence-electron chi connectivity index (χ4n) is 1.24. The van der Waals surface area contributed by atoms with Crippen LogP contribution in [0.15, 0.2) is 46.4 Å². The van der Waals surface area contributed by atoms with Gasteiger partial charge < -0.3 is 4.84 Å². The van der Waals surface area contributed by atoms with E-state index < -0.39 is 0 Å². The van der Waals surface area contributed by atoms with Crippen LogP contribution in [0.25, 0.3) is 0 Å². The molecule has 0 aliphatic heterocycles. The molecule has 2 rings (SSSR count). The first kappa shape index (κ1) is 9.86. The van der Waals surface area contributed by atoms with Crippen molar-refractivity contribution >= 4 is 17.0 Å². The van der Waals surface area contributed by atoms with Gasteiger partial charge in [0.05, 0.1) is 5.69 Å². The minimum atomic E-state index is 0.763. The molecule has 2 aromatic heterocycles. The fraction of sp³-hybridized carbons (Fsp3) is 0.0909. The molecule has 2 aromatic rings. The molecule has 0 saturated heterocycles. The highest BCUT2D eigenvalue weighted by Crippen LogP contribution is 2.12. The lowest BCUT2D eigenvalue weighted by atomic mass is 10.1. The fourth-order valence-corrected chi connectivity index (χ4v) is 1.88. The van der Waals surface area contributed by atoms with Crippen LogP contribution in [0.1, 0.15) is 11.3 Å². The molecular weight excluding hydrogens is 208 g/mol. The van der Waals surface area contributed by atoms with Gasteiger partial charge >= 0.3 is 0 Å². The van der Waals surface area contributed by atoms with Crippen LogP contribution in [-0.2, 0) is 4.84 Å². The zero-order valence-corrected chi connectivity index (χ0v) is 9.07. The topological polar surface area (TPSA) is 34.5 Å². The molecule has 0 aromatic carbocycles. The van der Waals surface area contributed by atoms with Crippen molar-refractivity contribution in [3.63, 3.8) is 0 Å². The number of thiophene rings is 1. The van der Waals surface area contributed by atoms with Gasteiger partial charge in [0.15, 0.2) is 0 Å². The molecule has 3 nitrogen and oxygen atoms in total. The minimum absolute atomic E-state index is 0.763. The maximum atomic E-state index is 4.83. The summed E-state index contributed by atoms with van der Waals surface area (Å²) in [6.45, 7) is 0. The van der Waals surface area contributed by atoms with Crippen LogP contribution in [0, 0.1) is 0 Å². The van der Waals surface area contributed by atoms with Crippen LogP contribution >= 0.6 is 11.3 Å². The summed E-state index contributed by atoms with van der Waals surface area (Å²) in [4.78, 5) is 9.08. The predicted octanol–water partition coefficient (Wildman–Crippen LogP) is 2.54. The third kappa shape index (κ3) is 2.22. The number of rotatable bonds is 3. The van der Waals surface area contributed by atoms with Crippen molar-refractivity contribution in [3.05, 3.63) is 52.5 Å². The predicted molar refractivity (Wildman–Crippen MR) is 61.2 cm³/mol. The van der Waals surface area contributed by atoms with Crippen molar-refractivity contribution in [2.75, 3.05) is 7.11 Å². The van der Waals surface area contributed by atoms with Crippen molar-refractivity contribution in [1.82, 2.24) is 4.98 Å². The molecule has 2 heterocycles. The standard InChI is InChI=1S/C11H10N2OS/c1-14-13-11(9-5-7-15-8-9)10-4-2-3-6-12-10/h2-8H,1H3. The average Bonchev–Trinajstić information content (AvgIpc) is 2.80. The number of aromatic nitrogens is 1. The molecular formula is C11H10N2OS. The van der Waals surface area contributed by atoms with Crippen LogP contribution in [0.4, 0.5) is 0 Å². The summed E-state index contributed by atoms with van der Waals surface area (Å²) < 4.78 is 0. The number of hydrogen-bond acceptors (Lipinski definition) is 4. The van der Waals surface area contributed by atoms with Crippen LogP contribution in [-0.4, -0.2) is 17.8 Å². The first-order chi connectivity index (χ1) is 7.42. The van der Waals surface area contributed by atoms with Gasteiger partial charge in [0.25, 0.3) is 0 Å². The second-order valence-corrected chi connectivity index (χ2v) is 3.63. The monoisotopic (exact) mass is 218 g/mol. The first-order valence-corrected chi connectivity index (χ1v) is 5.41. The van der Waals surface area contributed by atoms with E-state index in [4.69, 9.17) is 4.84 Å². The molecule has 0 spiro atoms. The third-order valence-electron chi connectivity index (χ3n) is 1.88. The molecule has 0 fully saturated rings. The second kappa shape index (κ2) is 4.70. The van der Waals surface area contributed by atoms with E-state index in [-0.39, 0.29) is 0 Å². The Bertz CT molecular complexity index is 437. The molecule has 0 radical (unpaired) electrons. The highest BCUT2D eigenvalue weighted by atomic mass is 32.1. The van der Waals surface area contributed by atoms with Crippen LogP contribution in [0.5, 0.6) is 0 Å². The van der Waals surface area contributed by atoms with E-state index >= 15 is 0 Å². The Labute approximate surface area is 92.0 Å². The molecule has 0 amide bonds. The van der Waals surface area contributed by atoms with Crippen molar-refractivity contribution in [2.45, 2.75) is 0 Å². The molecule has 0 aliphatic rings. The maximum absolute atomic E-state index is 4.83. The van der Waals surface area contributed by atoms with Crippen molar-refractivity contribution in [3.8, 4) is 0 Å². The summed E-state index contributed by atoms with van der Waals surface area (Å²) in [5, 5.41) is 8.02. The molecule has 0 bridgehead atoms. The SMILES string of the molecule is CON=C(c1ccsc1)c1ccccn1. The number of hydrogen-bond donors (Lipinski definition) is 0. The third-order valence-corrected chi connectivity index (χ3v) is 2.57. The van der Waals surface area contributed by atoms with E-state index in [1.807, 2.05) is 35.0 Å². The van der Waals surface area contributed by atoms with Gasteiger partial charge in [0.1, 0.15) is 12.8 Å². The lowest BCUT2D eigenvalue weighted by Crippen LogP contribution is -2.04. The van der Waals surface area contributed by atoms with Crippen molar-refractivity contribution in [2.24, 2.45) is 5.16 Å². The van der Waals surface area contributed by atoms with E-state index in [0.29, 0.717) is 0 Å². The maximum Gasteiger partial charge on any atom is 0.136 e. The summed E-state index contributed by atoms with van der Waals surface area (Å²) >= 11 is 1.62. The zero-order chi connectivity index (χ0) is 10.5. The smallest absolute Gasteiger partial charge is 0.136 e. The van der Waals surface area contributed by atoms with Gasteiger partial charge in [-0.3, -0.25) is 4.98 Å². The molecule has 0 atom stereocenters. The summed E-state index contributed by atoms with van der Waals surface area (Å²) in [6, 6.07) is 7.72. The summed E-state index contributed by atoms with van der Waals surface area (Å²) in [6.07, 6.45) is 1.74. The summed E-state index contributed by atoms with van der Waals surface area (Å²) in [5.41, 5.74) is 2.61. The quantitative estimate of drug-likeness (QED) is 0.586. The number of oxime groups is 1. The van der Waals surface area contributed by atoms with Crippen LogP contribution < -0.4 is 0 Å². The lowest BCUT2D eigenvalue weighted by molar-refractivity contribution is 0.214. The Kier molecular flexibility index (Phi) is 3.09. The molecule has 15 heavy (non-hydrogen) atoms. The normalized spacial score (nSPS) is 11.4. The highest BCUT2D eigenvalue weighted by molar-refractivity contribution is 7.08. The molecule has 0 saturated carbocycles. The molecule has 0 unspecified atom stereocenters. The van der Waals surface area contributed by atoms with Crippen molar-refractivity contribution < 1.29 is 4.84 Å². The first-order valence-electron chi connectivity index (χ1n) is 4.47. The van der Waals surface area contributed by atoms with Crippen LogP contribution in [0.2, 0.25) is 0 Å². The van der Waals surface area contributed by atoms with Gasteiger partial charge in [0.2, 0.25) is 0 Å². The van der Waals surface area contributed by atoms with Crippen LogP contribution in [0.3, 0.4) is 0 Å².